The zero-order valence-electron chi connectivity index (χ0n) is 18.9. The lowest BCUT2D eigenvalue weighted by Crippen LogP contribution is -2.47. The number of rotatable bonds is 5. The van der Waals surface area contributed by atoms with E-state index in [4.69, 9.17) is 4.74 Å². The molecule has 2 N–H and O–H groups in total. The van der Waals surface area contributed by atoms with Crippen molar-refractivity contribution in [2.24, 2.45) is 5.92 Å². The summed E-state index contributed by atoms with van der Waals surface area (Å²) in [4.78, 5) is 39.6. The Morgan fingerprint density at radius 3 is 2.58 bits per heavy atom. The molecule has 0 spiro atoms. The van der Waals surface area contributed by atoms with Gasteiger partial charge in [0.15, 0.2) is 0 Å². The van der Waals surface area contributed by atoms with Gasteiger partial charge in [0.2, 0.25) is 11.8 Å². The predicted octanol–water partition coefficient (Wildman–Crippen LogP) is 2.99. The summed E-state index contributed by atoms with van der Waals surface area (Å²) >= 11 is 0. The van der Waals surface area contributed by atoms with Crippen molar-refractivity contribution in [3.05, 3.63) is 24.3 Å². The highest BCUT2D eigenvalue weighted by molar-refractivity contribution is 5.98. The molecule has 1 aromatic carbocycles. The van der Waals surface area contributed by atoms with Gasteiger partial charge < -0.3 is 19.9 Å². The van der Waals surface area contributed by atoms with Crippen LogP contribution in [0.2, 0.25) is 0 Å². The first-order chi connectivity index (χ1) is 14.6. The van der Waals surface area contributed by atoms with E-state index in [0.717, 1.165) is 37.3 Å². The van der Waals surface area contributed by atoms with Gasteiger partial charge in [-0.1, -0.05) is 6.07 Å². The number of hydrogen-bond acceptors (Lipinski definition) is 6. The van der Waals surface area contributed by atoms with E-state index in [9.17, 15) is 14.4 Å². The van der Waals surface area contributed by atoms with Gasteiger partial charge in [0.05, 0.1) is 5.92 Å². The third kappa shape index (κ3) is 6.35. The summed E-state index contributed by atoms with van der Waals surface area (Å²) in [6.07, 6.45) is 2.46. The molecule has 2 aliphatic heterocycles. The van der Waals surface area contributed by atoms with Gasteiger partial charge in [-0.2, -0.15) is 0 Å². The third-order valence-corrected chi connectivity index (χ3v) is 5.81. The second-order valence-electron chi connectivity index (χ2n) is 9.39. The SMILES string of the molecule is CN(C(=O)OC(C)(C)C)C1CCN(c2cccc(NCC3CCC(=O)NC3=O)c2)CC1. The molecular formula is C23H34N4O4. The van der Waals surface area contributed by atoms with Crippen LogP contribution in [0.25, 0.3) is 0 Å². The quantitative estimate of drug-likeness (QED) is 0.698. The molecule has 1 unspecified atom stereocenters. The summed E-state index contributed by atoms with van der Waals surface area (Å²) in [5.74, 6) is -0.583. The predicted molar refractivity (Wildman–Crippen MR) is 120 cm³/mol. The second-order valence-corrected chi connectivity index (χ2v) is 9.39. The number of piperidine rings is 2. The third-order valence-electron chi connectivity index (χ3n) is 5.81. The van der Waals surface area contributed by atoms with E-state index >= 15 is 0 Å². The largest absolute Gasteiger partial charge is 0.444 e. The Hall–Kier alpha value is -2.77. The van der Waals surface area contributed by atoms with E-state index in [0.29, 0.717) is 19.4 Å². The first kappa shape index (κ1) is 22.9. The van der Waals surface area contributed by atoms with Crippen LogP contribution in [-0.4, -0.2) is 61.1 Å². The van der Waals surface area contributed by atoms with Crippen LogP contribution in [0.15, 0.2) is 24.3 Å². The summed E-state index contributed by atoms with van der Waals surface area (Å²) in [6.45, 7) is 7.85. The molecule has 0 saturated carbocycles. The molecule has 1 aromatic rings. The Bertz CT molecular complexity index is 812. The summed E-state index contributed by atoms with van der Waals surface area (Å²) in [7, 11) is 1.81. The molecule has 8 heteroatoms. The number of anilines is 2. The van der Waals surface area contributed by atoms with E-state index in [2.05, 4.69) is 27.7 Å². The normalized spacial score (nSPS) is 20.3. The van der Waals surface area contributed by atoms with Crippen LogP contribution in [0.5, 0.6) is 0 Å². The summed E-state index contributed by atoms with van der Waals surface area (Å²) in [6, 6.07) is 8.32. The minimum absolute atomic E-state index is 0.167. The van der Waals surface area contributed by atoms with Crippen molar-refractivity contribution in [1.29, 1.82) is 0 Å². The van der Waals surface area contributed by atoms with E-state index in [1.165, 1.54) is 0 Å². The fourth-order valence-electron chi connectivity index (χ4n) is 3.98. The lowest BCUT2D eigenvalue weighted by Gasteiger charge is -2.38. The van der Waals surface area contributed by atoms with Gasteiger partial charge in [-0.25, -0.2) is 4.79 Å². The van der Waals surface area contributed by atoms with Crippen LogP contribution in [0.4, 0.5) is 16.2 Å². The maximum absolute atomic E-state index is 12.3. The molecule has 2 saturated heterocycles. The average Bonchev–Trinajstić information content (AvgIpc) is 2.72. The Morgan fingerprint density at radius 2 is 1.94 bits per heavy atom. The smallest absolute Gasteiger partial charge is 0.410 e. The Balaban J connectivity index is 1.51. The van der Waals surface area contributed by atoms with Gasteiger partial charge in [-0.3, -0.25) is 14.9 Å². The van der Waals surface area contributed by atoms with Crippen molar-refractivity contribution in [1.82, 2.24) is 10.2 Å². The average molecular weight is 431 g/mol. The Kier molecular flexibility index (Phi) is 7.08. The van der Waals surface area contributed by atoms with E-state index in [1.807, 2.05) is 40.0 Å². The maximum Gasteiger partial charge on any atom is 0.410 e. The standard InChI is InChI=1S/C23H34N4O4/c1-23(2,3)31-22(30)26(4)18-10-12-27(13-11-18)19-7-5-6-17(14-19)24-15-16-8-9-20(28)25-21(16)29/h5-7,14,16,18,24H,8-13,15H2,1-4H3,(H,25,28,29). The van der Waals surface area contributed by atoms with Gasteiger partial charge in [0.1, 0.15) is 5.60 Å². The lowest BCUT2D eigenvalue weighted by atomic mass is 9.98. The lowest BCUT2D eigenvalue weighted by molar-refractivity contribution is -0.135. The van der Waals surface area contributed by atoms with Crippen molar-refractivity contribution in [3.8, 4) is 0 Å². The van der Waals surface area contributed by atoms with Crippen molar-refractivity contribution in [2.75, 3.05) is 36.9 Å². The number of hydrogen-bond donors (Lipinski definition) is 2. The molecule has 3 amide bonds. The number of amides is 3. The van der Waals surface area contributed by atoms with Crippen LogP contribution in [-0.2, 0) is 14.3 Å². The fourth-order valence-corrected chi connectivity index (χ4v) is 3.98. The molecule has 3 rings (SSSR count). The van der Waals surface area contributed by atoms with Gasteiger partial charge in [0.25, 0.3) is 0 Å². The minimum Gasteiger partial charge on any atom is -0.444 e. The van der Waals surface area contributed by atoms with Crippen LogP contribution < -0.4 is 15.5 Å². The van der Waals surface area contributed by atoms with E-state index in [1.54, 1.807) is 4.90 Å². The summed E-state index contributed by atoms with van der Waals surface area (Å²) < 4.78 is 5.49. The Morgan fingerprint density at radius 1 is 1.23 bits per heavy atom. The zero-order valence-corrected chi connectivity index (χ0v) is 18.9. The molecule has 2 heterocycles. The van der Waals surface area contributed by atoms with Crippen LogP contribution in [0.1, 0.15) is 46.5 Å². The highest BCUT2D eigenvalue weighted by Gasteiger charge is 2.29. The molecule has 31 heavy (non-hydrogen) atoms. The molecule has 0 bridgehead atoms. The summed E-state index contributed by atoms with van der Waals surface area (Å²) in [5, 5.41) is 5.73. The van der Waals surface area contributed by atoms with Crippen molar-refractivity contribution >= 4 is 29.3 Å². The zero-order chi connectivity index (χ0) is 22.6. The number of nitrogens with zero attached hydrogens (tertiary/aromatic N) is 2. The number of benzene rings is 1. The molecule has 2 fully saturated rings. The minimum atomic E-state index is -0.493. The number of imide groups is 1. The molecule has 0 aliphatic carbocycles. The van der Waals surface area contributed by atoms with Crippen molar-refractivity contribution < 1.29 is 19.1 Å². The number of carbonyl (C=O) groups is 3. The van der Waals surface area contributed by atoms with E-state index in [-0.39, 0.29) is 29.9 Å². The molecule has 170 valence electrons. The number of ether oxygens (including phenoxy) is 1. The Labute approximate surface area is 184 Å². The van der Waals surface area contributed by atoms with Gasteiger partial charge in [-0.15, -0.1) is 0 Å². The topological polar surface area (TPSA) is 91.0 Å². The van der Waals surface area contributed by atoms with E-state index < -0.39 is 5.60 Å². The van der Waals surface area contributed by atoms with Crippen LogP contribution in [0, 0.1) is 5.92 Å². The summed E-state index contributed by atoms with van der Waals surface area (Å²) in [5.41, 5.74) is 1.58. The maximum atomic E-state index is 12.3. The molecular weight excluding hydrogens is 396 g/mol. The number of nitrogens with one attached hydrogen (secondary N) is 2. The van der Waals surface area contributed by atoms with Crippen molar-refractivity contribution in [2.45, 2.75) is 58.1 Å². The second kappa shape index (κ2) is 9.58. The molecule has 8 nitrogen and oxygen atoms in total. The molecule has 0 aromatic heterocycles. The van der Waals surface area contributed by atoms with Crippen LogP contribution in [0.3, 0.4) is 0 Å². The highest BCUT2D eigenvalue weighted by Crippen LogP contribution is 2.26. The molecule has 1 atom stereocenters. The monoisotopic (exact) mass is 430 g/mol. The van der Waals surface area contributed by atoms with Crippen LogP contribution >= 0.6 is 0 Å². The molecule has 2 aliphatic rings. The van der Waals surface area contributed by atoms with Gasteiger partial charge in [0, 0.05) is 50.5 Å². The fraction of sp³-hybridized carbons (Fsp3) is 0.609. The highest BCUT2D eigenvalue weighted by atomic mass is 16.6. The van der Waals surface area contributed by atoms with Gasteiger partial charge >= 0.3 is 6.09 Å². The first-order valence-corrected chi connectivity index (χ1v) is 11.0. The van der Waals surface area contributed by atoms with Crippen molar-refractivity contribution in [3.63, 3.8) is 0 Å². The molecule has 0 radical (unpaired) electrons. The first-order valence-electron chi connectivity index (χ1n) is 11.0. The van der Waals surface area contributed by atoms with Gasteiger partial charge in [-0.05, 0) is 58.2 Å². The number of carbonyl (C=O) groups excluding carboxylic acids is 3.